The first-order chi connectivity index (χ1) is 14.1. The summed E-state index contributed by atoms with van der Waals surface area (Å²) in [6, 6.07) is 12.2. The number of oxime groups is 1. The number of tetrazole rings is 1. The monoisotopic (exact) mass is 391 g/mol. The Morgan fingerprint density at radius 2 is 2.00 bits per heavy atom. The lowest BCUT2D eigenvalue weighted by molar-refractivity contribution is 0.130. The molecule has 1 aromatic heterocycles. The Morgan fingerprint density at radius 1 is 1.17 bits per heavy atom. The van der Waals surface area contributed by atoms with Crippen molar-refractivity contribution in [1.29, 1.82) is 0 Å². The number of hydrogen-bond donors (Lipinski definition) is 0. The highest BCUT2D eigenvalue weighted by atomic mass is 16.6. The summed E-state index contributed by atoms with van der Waals surface area (Å²) in [5.41, 5.74) is 7.21. The van der Waals surface area contributed by atoms with Gasteiger partial charge >= 0.3 is 5.69 Å². The molecule has 0 fully saturated rings. The Morgan fingerprint density at radius 3 is 2.76 bits per heavy atom. The summed E-state index contributed by atoms with van der Waals surface area (Å²) in [6.45, 7) is 4.31. The average Bonchev–Trinajstić information content (AvgIpc) is 3.34. The summed E-state index contributed by atoms with van der Waals surface area (Å²) >= 11 is 0. The van der Waals surface area contributed by atoms with E-state index in [-0.39, 0.29) is 12.3 Å². The molecule has 0 saturated carbocycles. The van der Waals surface area contributed by atoms with Crippen LogP contribution in [0.3, 0.4) is 0 Å². The van der Waals surface area contributed by atoms with Gasteiger partial charge in [0.25, 0.3) is 0 Å². The van der Waals surface area contributed by atoms with E-state index in [4.69, 9.17) is 4.84 Å². The quantitative estimate of drug-likeness (QED) is 0.478. The van der Waals surface area contributed by atoms with Crippen LogP contribution in [0.15, 0.2) is 46.3 Å². The molecule has 1 aliphatic rings. The summed E-state index contributed by atoms with van der Waals surface area (Å²) in [5.74, 6) is 0. The maximum absolute atomic E-state index is 12.3. The van der Waals surface area contributed by atoms with E-state index < -0.39 is 0 Å². The number of rotatable bonds is 6. The normalized spacial score (nSPS) is 13.6. The lowest BCUT2D eigenvalue weighted by Gasteiger charge is -2.13. The minimum Gasteiger partial charge on any atom is -0.391 e. The maximum Gasteiger partial charge on any atom is 0.368 e. The molecular formula is C22H25N5O2. The van der Waals surface area contributed by atoms with Crippen LogP contribution >= 0.6 is 0 Å². The summed E-state index contributed by atoms with van der Waals surface area (Å²) in [7, 11) is 1.58. The molecule has 0 radical (unpaired) electrons. The molecule has 1 aliphatic carbocycles. The molecule has 0 unspecified atom stereocenters. The van der Waals surface area contributed by atoms with Crippen molar-refractivity contribution in [1.82, 2.24) is 19.8 Å². The second-order valence-corrected chi connectivity index (χ2v) is 7.31. The largest absolute Gasteiger partial charge is 0.391 e. The number of aromatic nitrogens is 4. The summed E-state index contributed by atoms with van der Waals surface area (Å²) in [6.07, 6.45) is 4.24. The van der Waals surface area contributed by atoms with Gasteiger partial charge in [-0.15, -0.1) is 0 Å². The van der Waals surface area contributed by atoms with Gasteiger partial charge in [-0.05, 0) is 65.8 Å². The van der Waals surface area contributed by atoms with Gasteiger partial charge in [0.05, 0.1) is 11.4 Å². The highest BCUT2D eigenvalue weighted by molar-refractivity contribution is 6.00. The number of nitrogens with zero attached hydrogens (tertiary/aromatic N) is 5. The molecule has 0 saturated heterocycles. The standard InChI is InChI=1S/C22H25N5O2/c1-4-16-8-7-13-21(27-22(28)26(3)24-25-27)20(16)14-29-23-15(2)18-11-5-9-17-10-6-12-19(17)18/h5,7-9,11,13H,4,6,10,12,14H2,1-3H3. The second-order valence-electron chi connectivity index (χ2n) is 7.31. The molecule has 0 amide bonds. The highest BCUT2D eigenvalue weighted by Gasteiger charge is 2.17. The third kappa shape index (κ3) is 3.60. The zero-order chi connectivity index (χ0) is 20.4. The van der Waals surface area contributed by atoms with E-state index in [1.165, 1.54) is 26.9 Å². The Labute approximate surface area is 169 Å². The van der Waals surface area contributed by atoms with Gasteiger partial charge in [0.15, 0.2) is 0 Å². The molecule has 7 heteroatoms. The maximum atomic E-state index is 12.3. The fourth-order valence-electron chi connectivity index (χ4n) is 3.98. The molecule has 0 aliphatic heterocycles. The van der Waals surface area contributed by atoms with Crippen LogP contribution in [0.1, 0.15) is 48.1 Å². The van der Waals surface area contributed by atoms with E-state index >= 15 is 0 Å². The lowest BCUT2D eigenvalue weighted by atomic mass is 10.0. The van der Waals surface area contributed by atoms with Crippen molar-refractivity contribution in [2.24, 2.45) is 12.2 Å². The van der Waals surface area contributed by atoms with E-state index in [1.54, 1.807) is 7.05 Å². The van der Waals surface area contributed by atoms with Crippen LogP contribution in [0, 0.1) is 0 Å². The first kappa shape index (κ1) is 19.1. The van der Waals surface area contributed by atoms with Crippen molar-refractivity contribution in [3.05, 3.63) is 74.7 Å². The minimum absolute atomic E-state index is 0.259. The van der Waals surface area contributed by atoms with Crippen LogP contribution in [0.25, 0.3) is 5.69 Å². The van der Waals surface area contributed by atoms with Crippen LogP contribution < -0.4 is 5.69 Å². The van der Waals surface area contributed by atoms with Gasteiger partial charge in [0, 0.05) is 18.2 Å². The predicted octanol–water partition coefficient (Wildman–Crippen LogP) is 2.96. The van der Waals surface area contributed by atoms with Gasteiger partial charge in [-0.1, -0.05) is 42.4 Å². The zero-order valence-electron chi connectivity index (χ0n) is 17.1. The Hall–Kier alpha value is -3.22. The van der Waals surface area contributed by atoms with Crippen molar-refractivity contribution in [2.75, 3.05) is 0 Å². The zero-order valence-corrected chi connectivity index (χ0v) is 17.1. The van der Waals surface area contributed by atoms with E-state index in [0.29, 0.717) is 5.69 Å². The first-order valence-electron chi connectivity index (χ1n) is 9.98. The van der Waals surface area contributed by atoms with Gasteiger partial charge in [-0.2, -0.15) is 9.36 Å². The number of aryl methyl sites for hydroxylation is 3. The third-order valence-electron chi connectivity index (χ3n) is 5.53. The van der Waals surface area contributed by atoms with E-state index in [2.05, 4.69) is 40.7 Å². The van der Waals surface area contributed by atoms with Crippen LogP contribution in [0.5, 0.6) is 0 Å². The fourth-order valence-corrected chi connectivity index (χ4v) is 3.98. The summed E-state index contributed by atoms with van der Waals surface area (Å²) < 4.78 is 2.51. The number of hydrogen-bond acceptors (Lipinski definition) is 5. The minimum atomic E-state index is -0.293. The molecular weight excluding hydrogens is 366 g/mol. The third-order valence-corrected chi connectivity index (χ3v) is 5.53. The van der Waals surface area contributed by atoms with Crippen LogP contribution in [0.2, 0.25) is 0 Å². The predicted molar refractivity (Wildman–Crippen MR) is 111 cm³/mol. The van der Waals surface area contributed by atoms with E-state index in [0.717, 1.165) is 41.7 Å². The van der Waals surface area contributed by atoms with Crippen molar-refractivity contribution in [3.63, 3.8) is 0 Å². The highest BCUT2D eigenvalue weighted by Crippen LogP contribution is 2.26. The van der Waals surface area contributed by atoms with Gasteiger partial charge in [0.2, 0.25) is 0 Å². The van der Waals surface area contributed by atoms with Crippen molar-refractivity contribution in [2.45, 2.75) is 46.1 Å². The molecule has 2 aromatic carbocycles. The van der Waals surface area contributed by atoms with Crippen LogP contribution in [-0.2, 0) is 37.8 Å². The van der Waals surface area contributed by atoms with Crippen molar-refractivity contribution >= 4 is 5.71 Å². The van der Waals surface area contributed by atoms with Gasteiger partial charge in [0.1, 0.15) is 6.61 Å². The summed E-state index contributed by atoms with van der Waals surface area (Å²) in [4.78, 5) is 18.1. The van der Waals surface area contributed by atoms with E-state index in [1.807, 2.05) is 25.1 Å². The molecule has 0 bridgehead atoms. The molecule has 0 atom stereocenters. The molecule has 7 nitrogen and oxygen atoms in total. The molecule has 150 valence electrons. The fraction of sp³-hybridized carbons (Fsp3) is 0.364. The molecule has 3 aromatic rings. The van der Waals surface area contributed by atoms with Crippen molar-refractivity contribution in [3.8, 4) is 5.69 Å². The first-order valence-corrected chi connectivity index (χ1v) is 9.98. The smallest absolute Gasteiger partial charge is 0.368 e. The number of benzene rings is 2. The van der Waals surface area contributed by atoms with Crippen LogP contribution in [-0.4, -0.2) is 25.5 Å². The van der Waals surface area contributed by atoms with Gasteiger partial charge in [-0.25, -0.2) is 4.79 Å². The summed E-state index contributed by atoms with van der Waals surface area (Å²) in [5, 5.41) is 12.2. The van der Waals surface area contributed by atoms with Crippen LogP contribution in [0.4, 0.5) is 0 Å². The molecule has 0 N–H and O–H groups in total. The topological polar surface area (TPSA) is 74.3 Å². The number of fused-ring (bicyclic) bond motifs is 1. The average molecular weight is 391 g/mol. The molecule has 29 heavy (non-hydrogen) atoms. The molecule has 4 rings (SSSR count). The Kier molecular flexibility index (Phi) is 5.29. The van der Waals surface area contributed by atoms with E-state index in [9.17, 15) is 4.79 Å². The Bertz CT molecular complexity index is 1130. The Balaban J connectivity index is 1.62. The second kappa shape index (κ2) is 8.03. The van der Waals surface area contributed by atoms with Gasteiger partial charge < -0.3 is 4.84 Å². The SMILES string of the molecule is CCc1cccc(-n2nnn(C)c2=O)c1CON=C(C)c1cccc2c1CCC2. The lowest BCUT2D eigenvalue weighted by Crippen LogP contribution is -2.23. The van der Waals surface area contributed by atoms with Crippen molar-refractivity contribution < 1.29 is 4.84 Å². The molecule has 1 heterocycles. The van der Waals surface area contributed by atoms with Gasteiger partial charge in [-0.3, -0.25) is 0 Å². The molecule has 0 spiro atoms.